The summed E-state index contributed by atoms with van der Waals surface area (Å²) >= 11 is 0. The molecule has 0 radical (unpaired) electrons. The van der Waals surface area contributed by atoms with Crippen LogP contribution in [-0.2, 0) is 0 Å². The third kappa shape index (κ3) is 2.46. The second kappa shape index (κ2) is 5.10. The zero-order chi connectivity index (χ0) is 12.2. The Morgan fingerprint density at radius 1 is 1.22 bits per heavy atom. The van der Waals surface area contributed by atoms with Crippen molar-refractivity contribution in [1.29, 1.82) is 0 Å². The number of rotatable bonds is 3. The second-order valence-corrected chi connectivity index (χ2v) is 4.32. The number of hydrogen-bond acceptors (Lipinski definition) is 5. The first-order valence-corrected chi connectivity index (χ1v) is 6.15. The van der Waals surface area contributed by atoms with Crippen LogP contribution < -0.4 is 10.6 Å². The van der Waals surface area contributed by atoms with Gasteiger partial charge in [0.05, 0.1) is 24.1 Å². The first-order valence-electron chi connectivity index (χ1n) is 6.15. The lowest BCUT2D eigenvalue weighted by Gasteiger charge is -2.10. The highest BCUT2D eigenvalue weighted by Gasteiger charge is 2.17. The molecule has 0 unspecified atom stereocenters. The fraction of sp³-hybridized carbons (Fsp3) is 0.308. The molecule has 1 fully saturated rings. The molecular formula is C13H15N5. The van der Waals surface area contributed by atoms with Gasteiger partial charge in [-0.2, -0.15) is 0 Å². The minimum Gasteiger partial charge on any atom is -0.324 e. The number of aromatic nitrogens is 3. The van der Waals surface area contributed by atoms with E-state index in [4.69, 9.17) is 0 Å². The van der Waals surface area contributed by atoms with Gasteiger partial charge >= 0.3 is 0 Å². The van der Waals surface area contributed by atoms with Crippen LogP contribution >= 0.6 is 0 Å². The van der Waals surface area contributed by atoms with E-state index < -0.39 is 0 Å². The molecule has 0 aliphatic carbocycles. The van der Waals surface area contributed by atoms with Crippen LogP contribution in [0.15, 0.2) is 36.8 Å². The summed E-state index contributed by atoms with van der Waals surface area (Å²) in [5, 5.41) is 6.57. The second-order valence-electron chi connectivity index (χ2n) is 4.32. The van der Waals surface area contributed by atoms with Crippen molar-refractivity contribution < 1.29 is 0 Å². The molecule has 3 rings (SSSR count). The lowest BCUT2D eigenvalue weighted by Crippen LogP contribution is -2.15. The summed E-state index contributed by atoms with van der Waals surface area (Å²) in [5.41, 5.74) is 0.994. The predicted molar refractivity (Wildman–Crippen MR) is 69.5 cm³/mol. The van der Waals surface area contributed by atoms with Gasteiger partial charge < -0.3 is 10.6 Å². The van der Waals surface area contributed by atoms with Gasteiger partial charge in [0, 0.05) is 6.20 Å². The molecule has 5 heteroatoms. The van der Waals surface area contributed by atoms with Gasteiger partial charge in [0.1, 0.15) is 11.6 Å². The molecule has 18 heavy (non-hydrogen) atoms. The molecule has 1 saturated heterocycles. The number of pyridine rings is 1. The Hall–Kier alpha value is -2.01. The first-order chi connectivity index (χ1) is 8.92. The summed E-state index contributed by atoms with van der Waals surface area (Å²) < 4.78 is 0. The number of anilines is 2. The van der Waals surface area contributed by atoms with Crippen LogP contribution in [0.25, 0.3) is 0 Å². The Labute approximate surface area is 106 Å². The van der Waals surface area contributed by atoms with E-state index in [1.807, 2.05) is 24.4 Å². The Morgan fingerprint density at radius 3 is 3.00 bits per heavy atom. The molecule has 2 N–H and O–H groups in total. The highest BCUT2D eigenvalue weighted by atomic mass is 15.1. The van der Waals surface area contributed by atoms with Gasteiger partial charge in [0.15, 0.2) is 0 Å². The molecule has 2 aromatic rings. The molecule has 5 nitrogen and oxygen atoms in total. The number of hydrogen-bond donors (Lipinski definition) is 2. The van der Waals surface area contributed by atoms with Crippen molar-refractivity contribution in [1.82, 2.24) is 20.3 Å². The van der Waals surface area contributed by atoms with Gasteiger partial charge in [0.2, 0.25) is 0 Å². The highest BCUT2D eigenvalue weighted by Crippen LogP contribution is 2.22. The maximum Gasteiger partial charge on any atom is 0.150 e. The molecule has 1 aliphatic rings. The molecule has 2 aromatic heterocycles. The Kier molecular flexibility index (Phi) is 3.14. The quantitative estimate of drug-likeness (QED) is 0.861. The highest BCUT2D eigenvalue weighted by molar-refractivity contribution is 5.49. The topological polar surface area (TPSA) is 62.7 Å². The van der Waals surface area contributed by atoms with E-state index in [-0.39, 0.29) is 0 Å². The monoisotopic (exact) mass is 241 g/mol. The number of nitrogens with zero attached hydrogens (tertiary/aromatic N) is 3. The van der Waals surface area contributed by atoms with E-state index in [1.165, 1.54) is 6.42 Å². The van der Waals surface area contributed by atoms with Crippen molar-refractivity contribution in [3.8, 4) is 0 Å². The van der Waals surface area contributed by atoms with Crippen LogP contribution in [0.5, 0.6) is 0 Å². The maximum absolute atomic E-state index is 4.57. The molecule has 0 spiro atoms. The zero-order valence-corrected chi connectivity index (χ0v) is 10.0. The first kappa shape index (κ1) is 11.1. The minimum atomic E-state index is 0.336. The lowest BCUT2D eigenvalue weighted by atomic mass is 10.2. The Bertz CT molecular complexity index is 508. The molecule has 0 bridgehead atoms. The fourth-order valence-electron chi connectivity index (χ4n) is 2.11. The normalized spacial score (nSPS) is 18.8. The van der Waals surface area contributed by atoms with Crippen LogP contribution in [0.1, 0.15) is 24.6 Å². The zero-order valence-electron chi connectivity index (χ0n) is 10.0. The van der Waals surface area contributed by atoms with Crippen molar-refractivity contribution in [3.05, 3.63) is 42.5 Å². The van der Waals surface area contributed by atoms with Crippen LogP contribution in [0.3, 0.4) is 0 Å². The van der Waals surface area contributed by atoms with Crippen molar-refractivity contribution >= 4 is 11.6 Å². The Morgan fingerprint density at radius 2 is 2.22 bits per heavy atom. The summed E-state index contributed by atoms with van der Waals surface area (Å²) in [4.78, 5) is 13.0. The minimum absolute atomic E-state index is 0.336. The standard InChI is InChI=1S/C13H15N5/c1-2-6-16-12(5-1)18-13-9-14-8-11(17-13)10-4-3-7-15-10/h1-2,5-6,8-10,15H,3-4,7H2,(H,16,17,18)/t10-/m0/s1. The van der Waals surface area contributed by atoms with E-state index >= 15 is 0 Å². The summed E-state index contributed by atoms with van der Waals surface area (Å²) in [5.74, 6) is 1.52. The molecule has 0 saturated carbocycles. The van der Waals surface area contributed by atoms with E-state index in [1.54, 1.807) is 12.4 Å². The smallest absolute Gasteiger partial charge is 0.150 e. The van der Waals surface area contributed by atoms with Crippen LogP contribution in [0, 0.1) is 0 Å². The molecule has 1 aliphatic heterocycles. The third-order valence-electron chi connectivity index (χ3n) is 2.99. The van der Waals surface area contributed by atoms with Gasteiger partial charge in [-0.15, -0.1) is 0 Å². The summed E-state index contributed by atoms with van der Waals surface area (Å²) in [6, 6.07) is 6.06. The van der Waals surface area contributed by atoms with Crippen molar-refractivity contribution in [2.75, 3.05) is 11.9 Å². The average Bonchev–Trinajstić information content (AvgIpc) is 2.94. The van der Waals surface area contributed by atoms with Gasteiger partial charge in [-0.1, -0.05) is 6.07 Å². The lowest BCUT2D eigenvalue weighted by molar-refractivity contribution is 0.625. The molecule has 3 heterocycles. The molecule has 92 valence electrons. The molecule has 1 atom stereocenters. The fourth-order valence-corrected chi connectivity index (χ4v) is 2.11. The number of nitrogens with one attached hydrogen (secondary N) is 2. The van der Waals surface area contributed by atoms with Gasteiger partial charge in [-0.05, 0) is 31.5 Å². The van der Waals surface area contributed by atoms with Crippen LogP contribution in [0.2, 0.25) is 0 Å². The molecular weight excluding hydrogens is 226 g/mol. The van der Waals surface area contributed by atoms with E-state index in [0.717, 1.165) is 30.3 Å². The summed E-state index contributed by atoms with van der Waals surface area (Å²) in [7, 11) is 0. The Balaban J connectivity index is 1.78. The van der Waals surface area contributed by atoms with Crippen LogP contribution in [-0.4, -0.2) is 21.5 Å². The average molecular weight is 241 g/mol. The third-order valence-corrected chi connectivity index (χ3v) is 2.99. The van der Waals surface area contributed by atoms with E-state index in [2.05, 4.69) is 25.6 Å². The van der Waals surface area contributed by atoms with Crippen molar-refractivity contribution in [2.24, 2.45) is 0 Å². The largest absolute Gasteiger partial charge is 0.324 e. The predicted octanol–water partition coefficient (Wildman–Crippen LogP) is 2.04. The van der Waals surface area contributed by atoms with Gasteiger partial charge in [-0.3, -0.25) is 4.98 Å². The van der Waals surface area contributed by atoms with E-state index in [9.17, 15) is 0 Å². The molecule has 0 aromatic carbocycles. The van der Waals surface area contributed by atoms with Crippen molar-refractivity contribution in [2.45, 2.75) is 18.9 Å². The van der Waals surface area contributed by atoms with Crippen LogP contribution in [0.4, 0.5) is 11.6 Å². The van der Waals surface area contributed by atoms with Gasteiger partial charge in [0.25, 0.3) is 0 Å². The summed E-state index contributed by atoms with van der Waals surface area (Å²) in [6.07, 6.45) is 7.61. The SMILES string of the molecule is c1ccc(Nc2cncc([C@@H]3CCCN3)n2)nc1. The summed E-state index contributed by atoms with van der Waals surface area (Å²) in [6.45, 7) is 1.06. The van der Waals surface area contributed by atoms with Gasteiger partial charge in [-0.25, -0.2) is 9.97 Å². The maximum atomic E-state index is 4.57. The van der Waals surface area contributed by atoms with Crippen molar-refractivity contribution in [3.63, 3.8) is 0 Å². The van der Waals surface area contributed by atoms with E-state index in [0.29, 0.717) is 6.04 Å². The molecule has 0 amide bonds.